The Morgan fingerprint density at radius 1 is 1.17 bits per heavy atom. The first-order valence-electron chi connectivity index (χ1n) is 8.04. The maximum atomic E-state index is 12.2. The van der Waals surface area contributed by atoms with Crippen molar-refractivity contribution in [3.8, 4) is 0 Å². The number of benzene rings is 1. The number of hydrogen-bond donors (Lipinski definition) is 3. The topological polar surface area (TPSA) is 87.5 Å². The van der Waals surface area contributed by atoms with Gasteiger partial charge in [0.2, 0.25) is 5.91 Å². The highest BCUT2D eigenvalue weighted by Crippen LogP contribution is 2.27. The van der Waals surface area contributed by atoms with Crippen molar-refractivity contribution in [1.82, 2.24) is 15.5 Å². The molecule has 0 radical (unpaired) electrons. The molecule has 0 bridgehead atoms. The van der Waals surface area contributed by atoms with Gasteiger partial charge in [-0.15, -0.1) is 0 Å². The SMILES string of the molecule is CC(C)NC(=O)NC(=O)C(C)N1C[C@@H](N)[C@H](c2ccccc2)C1. The number of imide groups is 1. The average Bonchev–Trinajstić information content (AvgIpc) is 2.88. The van der Waals surface area contributed by atoms with Crippen LogP contribution in [0.4, 0.5) is 4.79 Å². The highest BCUT2D eigenvalue weighted by Gasteiger charge is 2.36. The lowest BCUT2D eigenvalue weighted by molar-refractivity contribution is -0.124. The van der Waals surface area contributed by atoms with Crippen LogP contribution in [0.1, 0.15) is 32.3 Å². The Morgan fingerprint density at radius 3 is 2.43 bits per heavy atom. The lowest BCUT2D eigenvalue weighted by atomic mass is 9.95. The summed E-state index contributed by atoms with van der Waals surface area (Å²) in [5, 5.41) is 5.03. The molecular weight excluding hydrogens is 292 g/mol. The van der Waals surface area contributed by atoms with Gasteiger partial charge in [0, 0.05) is 31.1 Å². The van der Waals surface area contributed by atoms with Crippen molar-refractivity contribution in [3.63, 3.8) is 0 Å². The van der Waals surface area contributed by atoms with Crippen LogP contribution < -0.4 is 16.4 Å². The molecule has 0 saturated carbocycles. The van der Waals surface area contributed by atoms with Crippen molar-refractivity contribution in [2.75, 3.05) is 13.1 Å². The molecule has 0 aromatic heterocycles. The molecule has 6 heteroatoms. The Kier molecular flexibility index (Phi) is 5.74. The predicted molar refractivity (Wildman–Crippen MR) is 90.0 cm³/mol. The van der Waals surface area contributed by atoms with Crippen molar-refractivity contribution >= 4 is 11.9 Å². The third kappa shape index (κ3) is 4.53. The number of rotatable bonds is 4. The second-order valence-corrected chi connectivity index (χ2v) is 6.43. The summed E-state index contributed by atoms with van der Waals surface area (Å²) < 4.78 is 0. The van der Waals surface area contributed by atoms with Crippen LogP contribution in [0.25, 0.3) is 0 Å². The summed E-state index contributed by atoms with van der Waals surface area (Å²) in [6, 6.07) is 9.22. The first-order valence-corrected chi connectivity index (χ1v) is 8.04. The highest BCUT2D eigenvalue weighted by atomic mass is 16.2. The van der Waals surface area contributed by atoms with Crippen LogP contribution in [-0.4, -0.2) is 48.1 Å². The van der Waals surface area contributed by atoms with Gasteiger partial charge >= 0.3 is 6.03 Å². The van der Waals surface area contributed by atoms with E-state index in [0.717, 1.165) is 0 Å². The minimum atomic E-state index is -0.458. The molecule has 126 valence electrons. The van der Waals surface area contributed by atoms with E-state index in [0.29, 0.717) is 13.1 Å². The molecule has 6 nitrogen and oxygen atoms in total. The Morgan fingerprint density at radius 2 is 1.83 bits per heavy atom. The molecule has 1 aromatic carbocycles. The van der Waals surface area contributed by atoms with E-state index in [1.54, 1.807) is 6.92 Å². The van der Waals surface area contributed by atoms with Gasteiger partial charge in [-0.3, -0.25) is 15.0 Å². The quantitative estimate of drug-likeness (QED) is 0.774. The number of nitrogens with two attached hydrogens (primary N) is 1. The summed E-state index contributed by atoms with van der Waals surface area (Å²) in [5.74, 6) is -0.0972. The highest BCUT2D eigenvalue weighted by molar-refractivity contribution is 5.96. The van der Waals surface area contributed by atoms with Crippen LogP contribution in [-0.2, 0) is 4.79 Å². The van der Waals surface area contributed by atoms with Gasteiger partial charge in [-0.05, 0) is 26.3 Å². The van der Waals surface area contributed by atoms with E-state index in [1.165, 1.54) is 5.56 Å². The van der Waals surface area contributed by atoms with E-state index in [4.69, 9.17) is 5.73 Å². The predicted octanol–water partition coefficient (Wildman–Crippen LogP) is 1.04. The van der Waals surface area contributed by atoms with Crippen molar-refractivity contribution in [1.29, 1.82) is 0 Å². The molecule has 0 spiro atoms. The van der Waals surface area contributed by atoms with Crippen LogP contribution in [0.2, 0.25) is 0 Å². The van der Waals surface area contributed by atoms with Gasteiger partial charge in [0.05, 0.1) is 6.04 Å². The third-order valence-corrected chi connectivity index (χ3v) is 4.20. The minimum Gasteiger partial charge on any atom is -0.336 e. The Labute approximate surface area is 137 Å². The lowest BCUT2D eigenvalue weighted by Crippen LogP contribution is -2.50. The Hall–Kier alpha value is -1.92. The lowest BCUT2D eigenvalue weighted by Gasteiger charge is -2.23. The molecule has 3 amide bonds. The molecular formula is C17H26N4O2. The molecule has 2 rings (SSSR count). The second-order valence-electron chi connectivity index (χ2n) is 6.43. The molecule has 0 aliphatic carbocycles. The largest absolute Gasteiger partial charge is 0.336 e. The van der Waals surface area contributed by atoms with Gasteiger partial charge in [-0.2, -0.15) is 0 Å². The van der Waals surface area contributed by atoms with Gasteiger partial charge < -0.3 is 11.1 Å². The van der Waals surface area contributed by atoms with Crippen LogP contribution in [0.3, 0.4) is 0 Å². The Balaban J connectivity index is 1.94. The van der Waals surface area contributed by atoms with Crippen molar-refractivity contribution < 1.29 is 9.59 Å². The van der Waals surface area contributed by atoms with E-state index in [2.05, 4.69) is 22.8 Å². The maximum Gasteiger partial charge on any atom is 0.321 e. The van der Waals surface area contributed by atoms with Crippen molar-refractivity contribution in [3.05, 3.63) is 35.9 Å². The Bertz CT molecular complexity index is 547. The van der Waals surface area contributed by atoms with Crippen LogP contribution in [0.5, 0.6) is 0 Å². The first-order chi connectivity index (χ1) is 10.9. The number of nitrogens with one attached hydrogen (secondary N) is 2. The molecule has 1 aliphatic rings. The standard InChI is InChI=1S/C17H26N4O2/c1-11(2)19-17(23)20-16(22)12(3)21-9-14(15(18)10-21)13-7-5-4-6-8-13/h4-8,11-12,14-15H,9-10,18H2,1-3H3,(H2,19,20,22,23)/t12?,14-,15+/m0/s1. The van der Waals surface area contributed by atoms with Gasteiger partial charge in [0.1, 0.15) is 0 Å². The van der Waals surface area contributed by atoms with Gasteiger partial charge in [-0.25, -0.2) is 4.79 Å². The molecule has 4 N–H and O–H groups in total. The zero-order valence-corrected chi connectivity index (χ0v) is 14.0. The average molecular weight is 318 g/mol. The van der Waals surface area contributed by atoms with E-state index in [1.807, 2.05) is 36.9 Å². The van der Waals surface area contributed by atoms with E-state index in [-0.39, 0.29) is 23.9 Å². The molecule has 1 aliphatic heterocycles. The van der Waals surface area contributed by atoms with E-state index < -0.39 is 12.1 Å². The fourth-order valence-electron chi connectivity index (χ4n) is 2.91. The van der Waals surface area contributed by atoms with Crippen LogP contribution >= 0.6 is 0 Å². The number of carbonyl (C=O) groups is 2. The number of hydrogen-bond acceptors (Lipinski definition) is 4. The summed E-state index contributed by atoms with van der Waals surface area (Å²) in [6.07, 6.45) is 0. The number of carbonyl (C=O) groups excluding carboxylic acids is 2. The fourth-order valence-corrected chi connectivity index (χ4v) is 2.91. The fraction of sp³-hybridized carbons (Fsp3) is 0.529. The van der Waals surface area contributed by atoms with E-state index >= 15 is 0 Å². The molecule has 1 aromatic rings. The summed E-state index contributed by atoms with van der Waals surface area (Å²) in [6.45, 7) is 6.85. The molecule has 3 atom stereocenters. The second kappa shape index (κ2) is 7.57. The summed E-state index contributed by atoms with van der Waals surface area (Å²) in [7, 11) is 0. The first kappa shape index (κ1) is 17.4. The molecule has 1 saturated heterocycles. The number of nitrogens with zero attached hydrogens (tertiary/aromatic N) is 1. The van der Waals surface area contributed by atoms with E-state index in [9.17, 15) is 9.59 Å². The minimum absolute atomic E-state index is 0.0132. The van der Waals surface area contributed by atoms with Crippen LogP contribution in [0, 0.1) is 0 Å². The van der Waals surface area contributed by atoms with Crippen LogP contribution in [0.15, 0.2) is 30.3 Å². The summed E-state index contributed by atoms with van der Waals surface area (Å²) in [5.41, 5.74) is 7.44. The van der Waals surface area contributed by atoms with Gasteiger partial charge in [-0.1, -0.05) is 30.3 Å². The monoisotopic (exact) mass is 318 g/mol. The third-order valence-electron chi connectivity index (χ3n) is 4.20. The zero-order chi connectivity index (χ0) is 17.0. The molecule has 23 heavy (non-hydrogen) atoms. The smallest absolute Gasteiger partial charge is 0.321 e. The zero-order valence-electron chi connectivity index (χ0n) is 14.0. The maximum absolute atomic E-state index is 12.2. The number of urea groups is 1. The number of amides is 3. The molecule has 1 heterocycles. The number of likely N-dealkylation sites (tertiary alicyclic amines) is 1. The normalized spacial score (nSPS) is 22.8. The van der Waals surface area contributed by atoms with Crippen molar-refractivity contribution in [2.24, 2.45) is 5.73 Å². The van der Waals surface area contributed by atoms with Crippen molar-refractivity contribution in [2.45, 2.75) is 44.8 Å². The van der Waals surface area contributed by atoms with Gasteiger partial charge in [0.25, 0.3) is 0 Å². The van der Waals surface area contributed by atoms with Gasteiger partial charge in [0.15, 0.2) is 0 Å². The summed E-state index contributed by atoms with van der Waals surface area (Å²) >= 11 is 0. The molecule has 1 fully saturated rings. The molecule has 1 unspecified atom stereocenters. The summed E-state index contributed by atoms with van der Waals surface area (Å²) in [4.78, 5) is 25.9.